The number of fused-ring (bicyclic) bond motifs is 1. The fourth-order valence-corrected chi connectivity index (χ4v) is 8.78. The quantitative estimate of drug-likeness (QED) is 0.367. The largest absolute Gasteiger partial charge is 0.365 e. The molecule has 0 unspecified atom stereocenters. The van der Waals surface area contributed by atoms with E-state index in [9.17, 15) is 12.6 Å². The minimum atomic E-state index is -3.08. The third-order valence-corrected chi connectivity index (χ3v) is 12.7. The molecule has 0 aromatic heterocycles. The van der Waals surface area contributed by atoms with Crippen LogP contribution in [0.5, 0.6) is 0 Å². The first-order valence-corrected chi connectivity index (χ1v) is 19.5. The Balaban J connectivity index is 0.000000303. The molecule has 3 heterocycles. The second kappa shape index (κ2) is 14.1. The molecule has 0 N–H and O–H groups in total. The van der Waals surface area contributed by atoms with Crippen molar-refractivity contribution in [2.75, 3.05) is 66.4 Å². The topological polar surface area (TPSA) is 60.9 Å². The molecule has 40 heavy (non-hydrogen) atoms. The standard InChI is InChI=1S/C12H17NO2S.C9H19NOS.C9H19NS.CH4/c1-12(2,3)13-8-9-16(14,15)11-7-5-4-6-10(11)13;1-9(2,3)10-5-7-12(4,11)8-6-10;1-9(2,3)10-5-7-11(4)8-6-10;/h4-7H,8-9H2,1-3H3;4-8H2,1-3H3;4-8H2,1-3H3;1H4. The smallest absolute Gasteiger partial charge is 0.182 e. The van der Waals surface area contributed by atoms with E-state index in [0.717, 1.165) is 30.3 Å². The van der Waals surface area contributed by atoms with Gasteiger partial charge in [-0.25, -0.2) is 8.42 Å². The van der Waals surface area contributed by atoms with Crippen molar-refractivity contribution in [3.05, 3.63) is 24.3 Å². The Labute approximate surface area is 250 Å². The van der Waals surface area contributed by atoms with Crippen molar-refractivity contribution in [2.24, 2.45) is 0 Å². The summed E-state index contributed by atoms with van der Waals surface area (Å²) in [5.41, 5.74) is 1.37. The molecule has 3 aliphatic rings. The molecule has 0 aliphatic carbocycles. The molecule has 6 nitrogen and oxygen atoms in total. The van der Waals surface area contributed by atoms with E-state index in [1.807, 2.05) is 12.1 Å². The summed E-state index contributed by atoms with van der Waals surface area (Å²) in [5.74, 6) is 12.2. The maximum Gasteiger partial charge on any atom is 0.182 e. The van der Waals surface area contributed by atoms with Gasteiger partial charge in [0.15, 0.2) is 9.84 Å². The lowest BCUT2D eigenvalue weighted by atomic mass is 10.0. The summed E-state index contributed by atoms with van der Waals surface area (Å²) in [5, 5.41) is 0. The van der Waals surface area contributed by atoms with Crippen LogP contribution in [0.25, 0.3) is 0 Å². The molecule has 4 rings (SSSR count). The second-order valence-electron chi connectivity index (χ2n) is 13.8. The molecule has 0 saturated carbocycles. The summed E-state index contributed by atoms with van der Waals surface area (Å²) in [7, 11) is -4.33. The number of nitrogens with zero attached hydrogens (tertiary/aromatic N) is 3. The van der Waals surface area contributed by atoms with E-state index in [0.29, 0.717) is 27.5 Å². The average molecular weight is 618 g/mol. The first-order valence-electron chi connectivity index (χ1n) is 14.0. The fraction of sp³-hybridized carbons (Fsp3) is 0.742. The Hall–Kier alpha value is -0.870. The van der Waals surface area contributed by atoms with Gasteiger partial charge in [0.25, 0.3) is 0 Å². The molecule has 0 spiro atoms. The van der Waals surface area contributed by atoms with Gasteiger partial charge in [0.1, 0.15) is 0 Å². The van der Waals surface area contributed by atoms with Crippen LogP contribution in [0.15, 0.2) is 29.2 Å². The number of hydrogen-bond donors (Lipinski definition) is 0. The lowest BCUT2D eigenvalue weighted by Crippen LogP contribution is -2.49. The van der Waals surface area contributed by atoms with Crippen LogP contribution >= 0.6 is 10.5 Å². The predicted molar refractivity (Wildman–Crippen MR) is 184 cm³/mol. The van der Waals surface area contributed by atoms with Gasteiger partial charge >= 0.3 is 0 Å². The SMILES string of the molecule is C.C=S1(=O)CCN(C(C)(C)C)CC1.C=S1CCN(C(C)(C)C)CC1.CC(C)(C)N1CCS(=O)(=O)c2ccccc21. The van der Waals surface area contributed by atoms with Crippen molar-refractivity contribution in [1.82, 2.24) is 9.80 Å². The highest BCUT2D eigenvalue weighted by Crippen LogP contribution is 2.34. The highest BCUT2D eigenvalue weighted by Gasteiger charge is 2.33. The zero-order valence-corrected chi connectivity index (χ0v) is 28.5. The summed E-state index contributed by atoms with van der Waals surface area (Å²) < 4.78 is 35.4. The molecule has 0 amide bonds. The lowest BCUT2D eigenvalue weighted by molar-refractivity contribution is 0.151. The Kier molecular flexibility index (Phi) is 13.1. The number of para-hydroxylation sites is 1. The number of rotatable bonds is 0. The third kappa shape index (κ3) is 11.1. The number of sulfone groups is 1. The summed E-state index contributed by atoms with van der Waals surface area (Å²) in [6, 6.07) is 7.25. The summed E-state index contributed by atoms with van der Waals surface area (Å²) in [4.78, 5) is 7.56. The zero-order valence-electron chi connectivity index (χ0n) is 26.1. The molecule has 0 atom stereocenters. The van der Waals surface area contributed by atoms with Crippen LogP contribution < -0.4 is 4.90 Å². The van der Waals surface area contributed by atoms with E-state index in [-0.39, 0.29) is 24.3 Å². The molecule has 1 aromatic carbocycles. The molecular formula is C31H59N3O3S3. The van der Waals surface area contributed by atoms with Crippen molar-refractivity contribution in [1.29, 1.82) is 0 Å². The molecule has 9 heteroatoms. The third-order valence-electron chi connectivity index (χ3n) is 7.55. The van der Waals surface area contributed by atoms with Gasteiger partial charge in [-0.1, -0.05) is 25.4 Å². The molecule has 0 radical (unpaired) electrons. The number of benzene rings is 1. The first-order chi connectivity index (χ1) is 17.6. The van der Waals surface area contributed by atoms with Crippen molar-refractivity contribution >= 4 is 47.3 Å². The van der Waals surface area contributed by atoms with Gasteiger partial charge in [0.05, 0.1) is 16.3 Å². The van der Waals surface area contributed by atoms with E-state index < -0.39 is 19.4 Å². The van der Waals surface area contributed by atoms with Gasteiger partial charge in [-0.3, -0.25) is 14.0 Å². The van der Waals surface area contributed by atoms with E-state index in [2.05, 4.69) is 88.8 Å². The molecule has 234 valence electrons. The molecular weight excluding hydrogens is 559 g/mol. The van der Waals surface area contributed by atoms with E-state index >= 15 is 0 Å². The van der Waals surface area contributed by atoms with Crippen LogP contribution in [0.3, 0.4) is 0 Å². The Bertz CT molecular complexity index is 1160. The molecule has 2 saturated heterocycles. The van der Waals surface area contributed by atoms with Crippen LogP contribution in [-0.2, 0) is 19.4 Å². The van der Waals surface area contributed by atoms with Gasteiger partial charge < -0.3 is 4.90 Å². The average Bonchev–Trinajstić information content (AvgIpc) is 2.78. The van der Waals surface area contributed by atoms with Crippen molar-refractivity contribution in [2.45, 2.75) is 91.3 Å². The second-order valence-corrected chi connectivity index (χ2v) is 20.7. The fourth-order valence-electron chi connectivity index (χ4n) is 4.88. The Morgan fingerprint density at radius 1 is 0.700 bits per heavy atom. The van der Waals surface area contributed by atoms with E-state index in [1.165, 1.54) is 24.6 Å². The molecule has 0 bridgehead atoms. The summed E-state index contributed by atoms with van der Waals surface area (Å²) >= 11 is 0. The van der Waals surface area contributed by atoms with Gasteiger partial charge in [0, 0.05) is 72.4 Å². The van der Waals surface area contributed by atoms with Gasteiger partial charge in [-0.15, -0.1) is 0 Å². The number of hydrogen-bond acceptors (Lipinski definition) is 6. The van der Waals surface area contributed by atoms with Crippen LogP contribution in [0.1, 0.15) is 69.7 Å². The summed E-state index contributed by atoms with van der Waals surface area (Å²) in [6.45, 7) is 24.7. The molecule has 2 fully saturated rings. The Morgan fingerprint density at radius 2 is 1.15 bits per heavy atom. The van der Waals surface area contributed by atoms with E-state index in [1.54, 1.807) is 12.1 Å². The molecule has 1 aromatic rings. The van der Waals surface area contributed by atoms with Gasteiger partial charge in [-0.2, -0.15) is 10.5 Å². The van der Waals surface area contributed by atoms with Crippen LogP contribution in [-0.4, -0.2) is 112 Å². The lowest BCUT2D eigenvalue weighted by Gasteiger charge is -2.41. The molecule has 3 aliphatic heterocycles. The van der Waals surface area contributed by atoms with Crippen LogP contribution in [0.2, 0.25) is 0 Å². The number of anilines is 1. The van der Waals surface area contributed by atoms with Gasteiger partial charge in [-0.05, 0) is 89.8 Å². The van der Waals surface area contributed by atoms with Gasteiger partial charge in [0.2, 0.25) is 0 Å². The van der Waals surface area contributed by atoms with Crippen molar-refractivity contribution in [3.63, 3.8) is 0 Å². The highest BCUT2D eigenvalue weighted by molar-refractivity contribution is 8.14. The monoisotopic (exact) mass is 617 g/mol. The zero-order chi connectivity index (χ0) is 29.9. The highest BCUT2D eigenvalue weighted by atomic mass is 32.2. The normalized spacial score (nSPS) is 22.0. The van der Waals surface area contributed by atoms with Crippen molar-refractivity contribution in [3.8, 4) is 0 Å². The van der Waals surface area contributed by atoms with E-state index in [4.69, 9.17) is 0 Å². The van der Waals surface area contributed by atoms with Crippen LogP contribution in [0.4, 0.5) is 5.69 Å². The first kappa shape index (κ1) is 37.2. The Morgan fingerprint density at radius 3 is 1.60 bits per heavy atom. The maximum atomic E-state index is 11.9. The maximum absolute atomic E-state index is 11.9. The van der Waals surface area contributed by atoms with Crippen LogP contribution in [0, 0.1) is 0 Å². The minimum Gasteiger partial charge on any atom is -0.365 e. The predicted octanol–water partition coefficient (Wildman–Crippen LogP) is 5.33. The summed E-state index contributed by atoms with van der Waals surface area (Å²) in [6.07, 6.45) is 0. The van der Waals surface area contributed by atoms with Crippen molar-refractivity contribution < 1.29 is 12.6 Å². The minimum absolute atomic E-state index is 0.